The second-order valence-corrected chi connectivity index (χ2v) is 8.79. The van der Waals surface area contributed by atoms with Gasteiger partial charge in [0.2, 0.25) is 5.75 Å². The zero-order valence-electron chi connectivity index (χ0n) is 15.3. The van der Waals surface area contributed by atoms with E-state index in [1.807, 2.05) is 0 Å². The molecule has 0 saturated carbocycles. The van der Waals surface area contributed by atoms with E-state index in [0.29, 0.717) is 15.0 Å². The molecule has 2 N–H and O–H groups in total. The second-order valence-electron chi connectivity index (χ2n) is 6.88. The van der Waals surface area contributed by atoms with Gasteiger partial charge in [-0.15, -0.1) is 0 Å². The van der Waals surface area contributed by atoms with Gasteiger partial charge in [0.15, 0.2) is 10.7 Å². The average Bonchev–Trinajstić information content (AvgIpc) is 3.35. The van der Waals surface area contributed by atoms with E-state index in [-0.39, 0.29) is 12.2 Å². The van der Waals surface area contributed by atoms with Crippen LogP contribution in [0.25, 0.3) is 4.96 Å². The largest absolute Gasteiger partial charge is 0.501 e. The van der Waals surface area contributed by atoms with Crippen molar-refractivity contribution in [1.82, 2.24) is 19.6 Å². The van der Waals surface area contributed by atoms with Crippen LogP contribution in [0.4, 0.5) is 0 Å². The fraction of sp³-hybridized carbons (Fsp3) is 0.316. The van der Waals surface area contributed by atoms with Crippen LogP contribution in [-0.2, 0) is 13.1 Å². The fourth-order valence-corrected chi connectivity index (χ4v) is 4.62. The zero-order valence-corrected chi connectivity index (χ0v) is 17.6. The molecule has 0 spiro atoms. The van der Waals surface area contributed by atoms with Crippen LogP contribution >= 0.6 is 34.5 Å². The van der Waals surface area contributed by atoms with Gasteiger partial charge in [0.05, 0.1) is 10.0 Å². The molecular weight excluding hydrogens is 435 g/mol. The Kier molecular flexibility index (Phi) is 5.78. The van der Waals surface area contributed by atoms with Crippen molar-refractivity contribution < 1.29 is 9.90 Å². The number of carbonyl (C=O) groups is 1. The van der Waals surface area contributed by atoms with Crippen molar-refractivity contribution in [2.24, 2.45) is 0 Å². The van der Waals surface area contributed by atoms with Gasteiger partial charge in [-0.1, -0.05) is 40.6 Å². The second kappa shape index (κ2) is 8.31. The van der Waals surface area contributed by atoms with Crippen LogP contribution in [0, 0.1) is 0 Å². The molecule has 2 aromatic heterocycles. The Bertz CT molecular complexity index is 1140. The Hall–Kier alpha value is -2.13. The van der Waals surface area contributed by atoms with Gasteiger partial charge in [-0.25, -0.2) is 4.98 Å². The number of thiazole rings is 1. The Morgan fingerprint density at radius 2 is 2.00 bits per heavy atom. The lowest BCUT2D eigenvalue weighted by Crippen LogP contribution is -2.27. The maximum Gasteiger partial charge on any atom is 0.301 e. The quantitative estimate of drug-likeness (QED) is 0.619. The number of hydrogen-bond acceptors (Lipinski definition) is 6. The summed E-state index contributed by atoms with van der Waals surface area (Å²) in [5, 5.41) is 13.7. The van der Waals surface area contributed by atoms with E-state index >= 15 is 0 Å². The van der Waals surface area contributed by atoms with E-state index < -0.39 is 17.2 Å². The van der Waals surface area contributed by atoms with Crippen LogP contribution in [0.1, 0.15) is 33.8 Å². The van der Waals surface area contributed by atoms with E-state index in [9.17, 15) is 14.7 Å². The highest BCUT2D eigenvalue weighted by Gasteiger charge is 2.21. The molecule has 7 nitrogen and oxygen atoms in total. The lowest BCUT2D eigenvalue weighted by Gasteiger charge is -2.11. The Labute approximate surface area is 180 Å². The predicted octanol–water partition coefficient (Wildman–Crippen LogP) is 3.29. The van der Waals surface area contributed by atoms with Crippen molar-refractivity contribution in [2.75, 3.05) is 13.1 Å². The monoisotopic (exact) mass is 452 g/mol. The number of nitrogens with zero attached hydrogens (tertiary/aromatic N) is 3. The smallest absolute Gasteiger partial charge is 0.301 e. The van der Waals surface area contributed by atoms with Crippen LogP contribution in [0.3, 0.4) is 0 Å². The van der Waals surface area contributed by atoms with Crippen molar-refractivity contribution in [3.05, 3.63) is 60.9 Å². The molecule has 3 aromatic rings. The van der Waals surface area contributed by atoms with Gasteiger partial charge in [-0.2, -0.15) is 0 Å². The maximum absolute atomic E-state index is 12.5. The molecule has 0 unspecified atom stereocenters. The number of hydrogen-bond donors (Lipinski definition) is 2. The topological polar surface area (TPSA) is 86.9 Å². The van der Waals surface area contributed by atoms with Gasteiger partial charge in [0.1, 0.15) is 0 Å². The summed E-state index contributed by atoms with van der Waals surface area (Å²) in [5.74, 6) is -1.30. The lowest BCUT2D eigenvalue weighted by molar-refractivity contribution is 0.0943. The summed E-state index contributed by atoms with van der Waals surface area (Å²) in [5.41, 5.74) is -0.211. The molecule has 0 aliphatic carbocycles. The first-order chi connectivity index (χ1) is 13.9. The first-order valence-corrected chi connectivity index (χ1v) is 10.7. The van der Waals surface area contributed by atoms with E-state index in [2.05, 4.69) is 15.2 Å². The summed E-state index contributed by atoms with van der Waals surface area (Å²) in [7, 11) is 0. The number of aromatic hydroxyl groups is 1. The van der Waals surface area contributed by atoms with Crippen molar-refractivity contribution in [3.8, 4) is 5.75 Å². The number of amides is 1. The van der Waals surface area contributed by atoms with E-state index in [1.165, 1.54) is 28.6 Å². The number of likely N-dealkylation sites (tertiary alicyclic amines) is 1. The van der Waals surface area contributed by atoms with Gasteiger partial charge in [0.25, 0.3) is 5.91 Å². The molecule has 1 aromatic carbocycles. The predicted molar refractivity (Wildman–Crippen MR) is 113 cm³/mol. The van der Waals surface area contributed by atoms with Gasteiger partial charge in [-0.05, 0) is 43.6 Å². The Morgan fingerprint density at radius 3 is 2.72 bits per heavy atom. The maximum atomic E-state index is 12.5. The third-order valence-electron chi connectivity index (χ3n) is 4.78. The molecule has 0 bridgehead atoms. The summed E-state index contributed by atoms with van der Waals surface area (Å²) in [6.07, 6.45) is 4.03. The zero-order chi connectivity index (χ0) is 20.5. The number of nitrogens with one attached hydrogen (secondary N) is 1. The normalized spacial score (nSPS) is 14.6. The SMILES string of the molecule is O=C(NCc1ccc(Cl)c(Cl)c1)c1nc2sc(CN3CCCC3)cn2c(=O)c1O. The molecule has 0 atom stereocenters. The molecule has 3 heterocycles. The first kappa shape index (κ1) is 20.2. The molecule has 0 radical (unpaired) electrons. The molecule has 1 aliphatic rings. The van der Waals surface area contributed by atoms with Crippen molar-refractivity contribution in [2.45, 2.75) is 25.9 Å². The van der Waals surface area contributed by atoms with Crippen molar-refractivity contribution >= 4 is 45.4 Å². The molecule has 1 aliphatic heterocycles. The highest BCUT2D eigenvalue weighted by atomic mass is 35.5. The van der Waals surface area contributed by atoms with Crippen LogP contribution in [0.2, 0.25) is 10.0 Å². The number of carbonyl (C=O) groups excluding carboxylic acids is 1. The molecule has 29 heavy (non-hydrogen) atoms. The van der Waals surface area contributed by atoms with Gasteiger partial charge >= 0.3 is 5.56 Å². The van der Waals surface area contributed by atoms with Gasteiger partial charge in [-0.3, -0.25) is 18.9 Å². The summed E-state index contributed by atoms with van der Waals surface area (Å²) < 4.78 is 1.29. The molecule has 4 rings (SSSR count). The molecule has 1 saturated heterocycles. The minimum Gasteiger partial charge on any atom is -0.501 e. The van der Waals surface area contributed by atoms with Gasteiger partial charge < -0.3 is 10.4 Å². The number of rotatable bonds is 5. The van der Waals surface area contributed by atoms with Crippen LogP contribution < -0.4 is 10.9 Å². The van der Waals surface area contributed by atoms with Crippen LogP contribution in [0.15, 0.2) is 29.2 Å². The lowest BCUT2D eigenvalue weighted by atomic mass is 10.2. The summed E-state index contributed by atoms with van der Waals surface area (Å²) >= 11 is 13.2. The molecular formula is C19H18Cl2N4O3S. The highest BCUT2D eigenvalue weighted by molar-refractivity contribution is 7.17. The van der Waals surface area contributed by atoms with Crippen LogP contribution in [-0.4, -0.2) is 38.4 Å². The molecule has 10 heteroatoms. The summed E-state index contributed by atoms with van der Waals surface area (Å²) in [6, 6.07) is 5.00. The van der Waals surface area contributed by atoms with Gasteiger partial charge in [0, 0.05) is 24.2 Å². The number of fused-ring (bicyclic) bond motifs is 1. The van der Waals surface area contributed by atoms with Crippen molar-refractivity contribution in [1.29, 1.82) is 0 Å². The third kappa shape index (κ3) is 4.25. The summed E-state index contributed by atoms with van der Waals surface area (Å²) in [4.78, 5) is 32.9. The summed E-state index contributed by atoms with van der Waals surface area (Å²) in [6.45, 7) is 2.95. The third-order valence-corrected chi connectivity index (χ3v) is 6.49. The minimum atomic E-state index is -0.667. The Morgan fingerprint density at radius 1 is 1.24 bits per heavy atom. The molecule has 1 fully saturated rings. The molecule has 1 amide bonds. The number of halogens is 2. The van der Waals surface area contributed by atoms with Crippen molar-refractivity contribution in [3.63, 3.8) is 0 Å². The first-order valence-electron chi connectivity index (χ1n) is 9.11. The number of aromatic nitrogens is 2. The van der Waals surface area contributed by atoms with E-state index in [0.717, 1.165) is 30.1 Å². The van der Waals surface area contributed by atoms with Crippen LogP contribution in [0.5, 0.6) is 5.75 Å². The highest BCUT2D eigenvalue weighted by Crippen LogP contribution is 2.23. The van der Waals surface area contributed by atoms with E-state index in [1.54, 1.807) is 24.4 Å². The minimum absolute atomic E-state index is 0.154. The Balaban J connectivity index is 1.55. The standard InChI is InChI=1S/C19H18Cl2N4O3S/c20-13-4-3-11(7-14(13)21)8-22-17(27)15-16(26)18(28)25-10-12(29-19(25)23-15)9-24-5-1-2-6-24/h3-4,7,10,26H,1-2,5-6,8-9H2,(H,22,27). The average molecular weight is 453 g/mol. The van der Waals surface area contributed by atoms with E-state index in [4.69, 9.17) is 23.2 Å². The molecule has 152 valence electrons. The fourth-order valence-electron chi connectivity index (χ4n) is 3.29. The number of benzene rings is 1.